The van der Waals surface area contributed by atoms with Gasteiger partial charge < -0.3 is 14.4 Å². The second-order valence-electron chi connectivity index (χ2n) is 3.92. The van der Waals surface area contributed by atoms with Gasteiger partial charge in [-0.05, 0) is 6.07 Å². The summed E-state index contributed by atoms with van der Waals surface area (Å²) >= 11 is 0. The monoisotopic (exact) mass is 262 g/mol. The minimum absolute atomic E-state index is 0.0807. The average Bonchev–Trinajstić information content (AvgIpc) is 2.85. The molecule has 0 unspecified atom stereocenters. The van der Waals surface area contributed by atoms with E-state index < -0.39 is 5.97 Å². The number of aromatic nitrogens is 2. The number of rotatable bonds is 6. The number of benzene rings is 1. The SMILES string of the molecule is CCc1nc(COc2ccccc2CC(=O)O)no1. The van der Waals surface area contributed by atoms with Crippen molar-refractivity contribution in [2.45, 2.75) is 26.4 Å². The maximum Gasteiger partial charge on any atom is 0.307 e. The van der Waals surface area contributed by atoms with E-state index in [1.54, 1.807) is 24.3 Å². The molecule has 0 saturated carbocycles. The Hall–Kier alpha value is -2.37. The number of para-hydroxylation sites is 1. The van der Waals surface area contributed by atoms with Crippen LogP contribution in [-0.4, -0.2) is 21.2 Å². The highest BCUT2D eigenvalue weighted by atomic mass is 16.5. The van der Waals surface area contributed by atoms with Crippen LogP contribution in [0.4, 0.5) is 0 Å². The van der Waals surface area contributed by atoms with Gasteiger partial charge in [-0.3, -0.25) is 4.79 Å². The lowest BCUT2D eigenvalue weighted by Crippen LogP contribution is -2.04. The molecule has 1 aromatic carbocycles. The highest BCUT2D eigenvalue weighted by Gasteiger charge is 2.09. The molecule has 0 atom stereocenters. The van der Waals surface area contributed by atoms with E-state index in [2.05, 4.69) is 10.1 Å². The first-order chi connectivity index (χ1) is 9.19. The number of carbonyl (C=O) groups is 1. The number of aliphatic carboxylic acids is 1. The van der Waals surface area contributed by atoms with Crippen LogP contribution in [0.25, 0.3) is 0 Å². The van der Waals surface area contributed by atoms with Gasteiger partial charge in [-0.1, -0.05) is 30.3 Å². The molecule has 0 aliphatic carbocycles. The van der Waals surface area contributed by atoms with Crippen molar-refractivity contribution in [2.75, 3.05) is 0 Å². The van der Waals surface area contributed by atoms with Crippen LogP contribution >= 0.6 is 0 Å². The Bertz CT molecular complexity index is 565. The summed E-state index contributed by atoms with van der Waals surface area (Å²) in [5.41, 5.74) is 0.620. The molecule has 2 rings (SSSR count). The van der Waals surface area contributed by atoms with Gasteiger partial charge in [0.05, 0.1) is 6.42 Å². The van der Waals surface area contributed by atoms with Gasteiger partial charge in [-0.2, -0.15) is 4.98 Å². The highest BCUT2D eigenvalue weighted by Crippen LogP contribution is 2.19. The van der Waals surface area contributed by atoms with Crippen molar-refractivity contribution in [3.05, 3.63) is 41.5 Å². The molecule has 6 nitrogen and oxygen atoms in total. The molecule has 0 amide bonds. The van der Waals surface area contributed by atoms with E-state index in [4.69, 9.17) is 14.4 Å². The van der Waals surface area contributed by atoms with E-state index in [1.165, 1.54) is 0 Å². The van der Waals surface area contributed by atoms with Crippen LogP contribution in [0.2, 0.25) is 0 Å². The standard InChI is InChI=1S/C13H14N2O4/c1-2-12-14-11(15-19-12)8-18-10-6-4-3-5-9(10)7-13(16)17/h3-6H,2,7-8H2,1H3,(H,16,17). The number of hydrogen-bond acceptors (Lipinski definition) is 5. The van der Waals surface area contributed by atoms with Crippen molar-refractivity contribution in [1.29, 1.82) is 0 Å². The zero-order valence-corrected chi connectivity index (χ0v) is 10.5. The van der Waals surface area contributed by atoms with E-state index in [0.29, 0.717) is 29.4 Å². The van der Waals surface area contributed by atoms with Crippen molar-refractivity contribution in [3.63, 3.8) is 0 Å². The van der Waals surface area contributed by atoms with Gasteiger partial charge in [0.1, 0.15) is 5.75 Å². The molecule has 1 aromatic heterocycles. The van der Waals surface area contributed by atoms with Gasteiger partial charge in [0.2, 0.25) is 11.7 Å². The van der Waals surface area contributed by atoms with E-state index in [0.717, 1.165) is 0 Å². The molecule has 1 heterocycles. The van der Waals surface area contributed by atoms with Crippen LogP contribution in [0.1, 0.15) is 24.2 Å². The van der Waals surface area contributed by atoms with Crippen LogP contribution in [0.5, 0.6) is 5.75 Å². The fraction of sp³-hybridized carbons (Fsp3) is 0.308. The first kappa shape index (κ1) is 13.1. The molecule has 0 aliphatic heterocycles. The van der Waals surface area contributed by atoms with E-state index in [-0.39, 0.29) is 13.0 Å². The summed E-state index contributed by atoms with van der Waals surface area (Å²) in [6.45, 7) is 2.07. The third-order valence-electron chi connectivity index (χ3n) is 2.48. The van der Waals surface area contributed by atoms with Crippen LogP contribution in [0.15, 0.2) is 28.8 Å². The van der Waals surface area contributed by atoms with Gasteiger partial charge in [0.25, 0.3) is 0 Å². The van der Waals surface area contributed by atoms with Gasteiger partial charge in [0.15, 0.2) is 6.61 Å². The lowest BCUT2D eigenvalue weighted by Gasteiger charge is -2.08. The summed E-state index contributed by atoms with van der Waals surface area (Å²) in [5, 5.41) is 12.6. The number of carboxylic acid groups (broad SMARTS) is 1. The fourth-order valence-corrected chi connectivity index (χ4v) is 1.59. The second kappa shape index (κ2) is 5.99. The molecule has 100 valence electrons. The summed E-state index contributed by atoms with van der Waals surface area (Å²) in [5.74, 6) is 0.621. The van der Waals surface area contributed by atoms with Crippen molar-refractivity contribution in [3.8, 4) is 5.75 Å². The van der Waals surface area contributed by atoms with Crippen LogP contribution < -0.4 is 4.74 Å². The lowest BCUT2D eigenvalue weighted by molar-refractivity contribution is -0.136. The summed E-state index contributed by atoms with van der Waals surface area (Å²) in [6.07, 6.45) is 0.589. The smallest absolute Gasteiger partial charge is 0.307 e. The molecule has 0 saturated heterocycles. The molecule has 6 heteroatoms. The topological polar surface area (TPSA) is 85.5 Å². The molecule has 0 radical (unpaired) electrons. The first-order valence-corrected chi connectivity index (χ1v) is 5.93. The fourth-order valence-electron chi connectivity index (χ4n) is 1.59. The largest absolute Gasteiger partial charge is 0.485 e. The first-order valence-electron chi connectivity index (χ1n) is 5.93. The van der Waals surface area contributed by atoms with Gasteiger partial charge in [0, 0.05) is 12.0 Å². The molecule has 1 N–H and O–H groups in total. The number of carboxylic acids is 1. The Morgan fingerprint density at radius 3 is 2.89 bits per heavy atom. The van der Waals surface area contributed by atoms with Gasteiger partial charge in [-0.15, -0.1) is 0 Å². The maximum atomic E-state index is 10.7. The summed E-state index contributed by atoms with van der Waals surface area (Å²) in [4.78, 5) is 14.9. The third kappa shape index (κ3) is 3.54. The third-order valence-corrected chi connectivity index (χ3v) is 2.48. The van der Waals surface area contributed by atoms with E-state index in [9.17, 15) is 4.79 Å². The molecular formula is C13H14N2O4. The quantitative estimate of drug-likeness (QED) is 0.854. The molecule has 0 bridgehead atoms. The summed E-state index contributed by atoms with van der Waals surface area (Å²) < 4.78 is 10.5. The average molecular weight is 262 g/mol. The molecule has 0 fully saturated rings. The van der Waals surface area contributed by atoms with Crippen molar-refractivity contribution in [2.24, 2.45) is 0 Å². The zero-order valence-electron chi connectivity index (χ0n) is 10.5. The van der Waals surface area contributed by atoms with Crippen LogP contribution in [0, 0.1) is 0 Å². The summed E-state index contributed by atoms with van der Waals surface area (Å²) in [6, 6.07) is 7.00. The normalized spacial score (nSPS) is 10.4. The molecule has 0 aliphatic rings. The van der Waals surface area contributed by atoms with Crippen LogP contribution in [0.3, 0.4) is 0 Å². The predicted octanol–water partition coefficient (Wildman–Crippen LogP) is 1.84. The van der Waals surface area contributed by atoms with Crippen molar-refractivity contribution >= 4 is 5.97 Å². The molecule has 19 heavy (non-hydrogen) atoms. The Morgan fingerprint density at radius 2 is 2.21 bits per heavy atom. The lowest BCUT2D eigenvalue weighted by atomic mass is 10.1. The highest BCUT2D eigenvalue weighted by molar-refractivity contribution is 5.71. The second-order valence-corrected chi connectivity index (χ2v) is 3.92. The maximum absolute atomic E-state index is 10.7. The zero-order chi connectivity index (χ0) is 13.7. The number of ether oxygens (including phenoxy) is 1. The Morgan fingerprint density at radius 1 is 1.42 bits per heavy atom. The van der Waals surface area contributed by atoms with E-state index in [1.807, 2.05) is 6.92 Å². The van der Waals surface area contributed by atoms with Crippen LogP contribution in [-0.2, 0) is 24.2 Å². The number of nitrogens with zero attached hydrogens (tertiary/aromatic N) is 2. The van der Waals surface area contributed by atoms with Crippen molar-refractivity contribution in [1.82, 2.24) is 10.1 Å². The summed E-state index contributed by atoms with van der Waals surface area (Å²) in [7, 11) is 0. The number of aryl methyl sites for hydroxylation is 1. The minimum atomic E-state index is -0.899. The molecular weight excluding hydrogens is 248 g/mol. The van der Waals surface area contributed by atoms with Crippen molar-refractivity contribution < 1.29 is 19.2 Å². The molecule has 2 aromatic rings. The minimum Gasteiger partial charge on any atom is -0.485 e. The van der Waals surface area contributed by atoms with E-state index >= 15 is 0 Å². The van der Waals surface area contributed by atoms with Gasteiger partial charge >= 0.3 is 5.97 Å². The Balaban J connectivity index is 2.04. The number of hydrogen-bond donors (Lipinski definition) is 1. The predicted molar refractivity (Wildman–Crippen MR) is 65.8 cm³/mol. The Labute approximate surface area is 110 Å². The van der Waals surface area contributed by atoms with Gasteiger partial charge in [-0.25, -0.2) is 0 Å². The molecule has 0 spiro atoms. The Kier molecular flexibility index (Phi) is 4.12.